The molecule has 0 saturated carbocycles. The Labute approximate surface area is 101 Å². The first kappa shape index (κ1) is 13.9. The highest BCUT2D eigenvalue weighted by Gasteiger charge is 2.22. The monoisotopic (exact) mass is 258 g/mol. The molecule has 0 unspecified atom stereocenters. The van der Waals surface area contributed by atoms with Crippen molar-refractivity contribution in [1.82, 2.24) is 9.71 Å². The zero-order valence-electron chi connectivity index (χ0n) is 10.3. The van der Waals surface area contributed by atoms with Gasteiger partial charge in [0.15, 0.2) is 0 Å². The molecular weight excluding hydrogens is 240 g/mol. The van der Waals surface area contributed by atoms with Gasteiger partial charge in [-0.25, -0.2) is 13.1 Å². The van der Waals surface area contributed by atoms with E-state index in [1.54, 1.807) is 0 Å². The van der Waals surface area contributed by atoms with E-state index in [1.807, 2.05) is 20.8 Å². The van der Waals surface area contributed by atoms with Crippen LogP contribution in [0.15, 0.2) is 28.2 Å². The van der Waals surface area contributed by atoms with Gasteiger partial charge in [0.2, 0.25) is 15.5 Å². The summed E-state index contributed by atoms with van der Waals surface area (Å²) in [6.07, 6.45) is 3.45. The van der Waals surface area contributed by atoms with Gasteiger partial charge in [0.1, 0.15) is 4.90 Å². The lowest BCUT2D eigenvalue weighted by Gasteiger charge is -2.22. The SMILES string of the molecule is CCC(C)(C)CNS(=O)(=O)c1c[nH]ccc1=O. The van der Waals surface area contributed by atoms with Crippen LogP contribution in [-0.2, 0) is 10.0 Å². The van der Waals surface area contributed by atoms with Crippen molar-refractivity contribution in [1.29, 1.82) is 0 Å². The van der Waals surface area contributed by atoms with Crippen LogP contribution in [0.2, 0.25) is 0 Å². The predicted molar refractivity (Wildman–Crippen MR) is 66.3 cm³/mol. The predicted octanol–water partition coefficient (Wildman–Crippen LogP) is 1.09. The van der Waals surface area contributed by atoms with Crippen molar-refractivity contribution in [2.24, 2.45) is 5.41 Å². The Morgan fingerprint density at radius 3 is 2.59 bits per heavy atom. The summed E-state index contributed by atoms with van der Waals surface area (Å²) in [4.78, 5) is 13.8. The van der Waals surface area contributed by atoms with Crippen molar-refractivity contribution < 1.29 is 8.42 Å². The third-order valence-electron chi connectivity index (χ3n) is 2.78. The van der Waals surface area contributed by atoms with Gasteiger partial charge in [0, 0.05) is 25.0 Å². The Bertz CT molecular complexity index is 532. The van der Waals surface area contributed by atoms with Gasteiger partial charge in [0.25, 0.3) is 0 Å². The minimum absolute atomic E-state index is 0.130. The van der Waals surface area contributed by atoms with E-state index in [2.05, 4.69) is 9.71 Å². The number of pyridine rings is 1. The normalized spacial score (nSPS) is 12.6. The topological polar surface area (TPSA) is 79.0 Å². The fourth-order valence-electron chi connectivity index (χ4n) is 1.10. The number of hydrogen-bond donors (Lipinski definition) is 2. The second-order valence-electron chi connectivity index (χ2n) is 4.72. The highest BCUT2D eigenvalue weighted by molar-refractivity contribution is 7.89. The van der Waals surface area contributed by atoms with Crippen LogP contribution in [0.5, 0.6) is 0 Å². The van der Waals surface area contributed by atoms with Gasteiger partial charge in [-0.05, 0) is 11.8 Å². The number of aromatic nitrogens is 1. The van der Waals surface area contributed by atoms with E-state index >= 15 is 0 Å². The molecule has 0 aliphatic carbocycles. The molecule has 17 heavy (non-hydrogen) atoms. The molecule has 1 aromatic rings. The van der Waals surface area contributed by atoms with Crippen molar-refractivity contribution in [3.63, 3.8) is 0 Å². The highest BCUT2D eigenvalue weighted by Crippen LogP contribution is 2.18. The van der Waals surface area contributed by atoms with Crippen molar-refractivity contribution in [3.8, 4) is 0 Å². The fourth-order valence-corrected chi connectivity index (χ4v) is 2.40. The minimum atomic E-state index is -3.73. The maximum Gasteiger partial charge on any atom is 0.245 e. The second kappa shape index (κ2) is 5.01. The van der Waals surface area contributed by atoms with Crippen LogP contribution in [0, 0.1) is 5.41 Å². The number of nitrogens with one attached hydrogen (secondary N) is 2. The van der Waals surface area contributed by atoms with Gasteiger partial charge in [-0.2, -0.15) is 0 Å². The van der Waals surface area contributed by atoms with E-state index in [4.69, 9.17) is 0 Å². The molecule has 0 aliphatic heterocycles. The quantitative estimate of drug-likeness (QED) is 0.829. The molecule has 2 N–H and O–H groups in total. The van der Waals surface area contributed by atoms with Crippen LogP contribution >= 0.6 is 0 Å². The van der Waals surface area contributed by atoms with E-state index in [0.29, 0.717) is 6.54 Å². The molecule has 0 radical (unpaired) electrons. The Balaban J connectivity index is 2.92. The lowest BCUT2D eigenvalue weighted by Crippen LogP contribution is -2.35. The van der Waals surface area contributed by atoms with E-state index in [1.165, 1.54) is 18.5 Å². The van der Waals surface area contributed by atoms with Gasteiger partial charge in [-0.3, -0.25) is 4.79 Å². The number of aromatic amines is 1. The maximum absolute atomic E-state index is 11.9. The zero-order valence-corrected chi connectivity index (χ0v) is 11.1. The fraction of sp³-hybridized carbons (Fsp3) is 0.545. The van der Waals surface area contributed by atoms with Crippen LogP contribution in [0.4, 0.5) is 0 Å². The number of sulfonamides is 1. The van der Waals surface area contributed by atoms with Crippen LogP contribution in [0.25, 0.3) is 0 Å². The third-order valence-corrected chi connectivity index (χ3v) is 4.20. The minimum Gasteiger partial charge on any atom is -0.366 e. The number of H-pyrrole nitrogens is 1. The molecule has 6 heteroatoms. The lowest BCUT2D eigenvalue weighted by atomic mass is 9.91. The number of rotatable bonds is 5. The first-order valence-electron chi connectivity index (χ1n) is 5.45. The van der Waals surface area contributed by atoms with Gasteiger partial charge < -0.3 is 4.98 Å². The van der Waals surface area contributed by atoms with Crippen molar-refractivity contribution in [2.75, 3.05) is 6.54 Å². The molecule has 0 atom stereocenters. The summed E-state index contributed by atoms with van der Waals surface area (Å²) in [5.74, 6) is 0. The summed E-state index contributed by atoms with van der Waals surface area (Å²) in [7, 11) is -3.73. The van der Waals surface area contributed by atoms with Crippen molar-refractivity contribution >= 4 is 10.0 Å². The van der Waals surface area contributed by atoms with Crippen molar-refractivity contribution in [2.45, 2.75) is 32.1 Å². The first-order valence-corrected chi connectivity index (χ1v) is 6.93. The van der Waals surface area contributed by atoms with Crippen LogP contribution in [0.3, 0.4) is 0 Å². The summed E-state index contributed by atoms with van der Waals surface area (Å²) in [5.41, 5.74) is -0.639. The van der Waals surface area contributed by atoms with E-state index in [9.17, 15) is 13.2 Å². The summed E-state index contributed by atoms with van der Waals surface area (Å²) >= 11 is 0. The maximum atomic E-state index is 11.9. The van der Waals surface area contributed by atoms with Crippen LogP contribution < -0.4 is 10.2 Å². The molecule has 0 aromatic carbocycles. The lowest BCUT2D eigenvalue weighted by molar-refractivity contribution is 0.350. The standard InChI is InChI=1S/C11H18N2O3S/c1-4-11(2,3)8-13-17(15,16)10-7-12-6-5-9(10)14/h5-7,13H,4,8H2,1-3H3,(H,12,14). The summed E-state index contributed by atoms with van der Waals surface area (Å²) in [6, 6.07) is 1.19. The van der Waals surface area contributed by atoms with Gasteiger partial charge in [-0.1, -0.05) is 20.8 Å². The summed E-state index contributed by atoms with van der Waals surface area (Å²) < 4.78 is 26.2. The molecule has 0 saturated heterocycles. The van der Waals surface area contributed by atoms with E-state index in [0.717, 1.165) is 6.42 Å². The van der Waals surface area contributed by atoms with Crippen LogP contribution in [-0.4, -0.2) is 19.9 Å². The van der Waals surface area contributed by atoms with Gasteiger partial charge in [0.05, 0.1) is 0 Å². The molecule has 1 rings (SSSR count). The average molecular weight is 258 g/mol. The highest BCUT2D eigenvalue weighted by atomic mass is 32.2. The number of hydrogen-bond acceptors (Lipinski definition) is 3. The average Bonchev–Trinajstić information content (AvgIpc) is 2.27. The first-order chi connectivity index (χ1) is 7.78. The molecule has 0 amide bonds. The van der Waals surface area contributed by atoms with Crippen molar-refractivity contribution in [3.05, 3.63) is 28.7 Å². The third kappa shape index (κ3) is 3.67. The summed E-state index contributed by atoms with van der Waals surface area (Å²) in [5, 5.41) is 0. The molecule has 1 aromatic heterocycles. The largest absolute Gasteiger partial charge is 0.366 e. The Hall–Kier alpha value is -1.14. The Kier molecular flexibility index (Phi) is 4.11. The Morgan fingerprint density at radius 1 is 1.41 bits per heavy atom. The molecule has 5 nitrogen and oxygen atoms in total. The molecule has 96 valence electrons. The molecule has 0 fully saturated rings. The van der Waals surface area contributed by atoms with Crippen LogP contribution in [0.1, 0.15) is 27.2 Å². The van der Waals surface area contributed by atoms with E-state index < -0.39 is 15.5 Å². The van der Waals surface area contributed by atoms with Gasteiger partial charge in [-0.15, -0.1) is 0 Å². The molecule has 0 bridgehead atoms. The molecular formula is C11H18N2O3S. The smallest absolute Gasteiger partial charge is 0.245 e. The molecule has 1 heterocycles. The zero-order chi connectivity index (χ0) is 13.1. The summed E-state index contributed by atoms with van der Waals surface area (Å²) in [6.45, 7) is 6.22. The molecule has 0 aliphatic rings. The Morgan fingerprint density at radius 2 is 2.06 bits per heavy atom. The van der Waals surface area contributed by atoms with Gasteiger partial charge >= 0.3 is 0 Å². The second-order valence-corrected chi connectivity index (χ2v) is 6.45. The van der Waals surface area contributed by atoms with E-state index in [-0.39, 0.29) is 10.3 Å². The molecule has 0 spiro atoms.